The molecule has 37 heavy (non-hydrogen) atoms. The Morgan fingerprint density at radius 3 is 2.30 bits per heavy atom. The number of ether oxygens (including phenoxy) is 6. The molecule has 1 aliphatic heterocycles. The van der Waals surface area contributed by atoms with E-state index >= 15 is 0 Å². The molecule has 1 aliphatic rings. The van der Waals surface area contributed by atoms with E-state index in [0.717, 1.165) is 12.2 Å². The summed E-state index contributed by atoms with van der Waals surface area (Å²) in [6, 6.07) is 0. The average Bonchev–Trinajstić information content (AvgIpc) is 3.32. The van der Waals surface area contributed by atoms with Gasteiger partial charge in [0.1, 0.15) is 17.9 Å². The maximum Gasteiger partial charge on any atom is 0.109 e. The van der Waals surface area contributed by atoms with E-state index in [0.29, 0.717) is 79.0 Å². The third-order valence-corrected chi connectivity index (χ3v) is 4.81. The standard InChI is InChI=1S/C21H39N4O8.C2H6O.W/c1-2-22-4-7-31-16-18-15-25(24-23-18)5-8-28-9-10-29-11-12-30-13-14-32-17-20-21(27)19(26)3-6-33-20;1-2-3;/h2,15,19-22,26-27H,3-14,16-17H2,1H3;3H,2H2,1H3;/q-1;;. The van der Waals surface area contributed by atoms with E-state index in [1.807, 2.05) is 19.7 Å². The summed E-state index contributed by atoms with van der Waals surface area (Å²) in [6.07, 6.45) is 0.160. The van der Waals surface area contributed by atoms with E-state index in [2.05, 4.69) is 15.6 Å². The molecule has 3 unspecified atom stereocenters. The molecule has 14 heteroatoms. The van der Waals surface area contributed by atoms with Gasteiger partial charge < -0.3 is 49.1 Å². The van der Waals surface area contributed by atoms with Crippen molar-refractivity contribution in [2.45, 2.75) is 51.7 Å². The molecule has 13 nitrogen and oxygen atoms in total. The summed E-state index contributed by atoms with van der Waals surface area (Å²) in [5.41, 5.74) is 0.794. The van der Waals surface area contributed by atoms with Crippen LogP contribution in [-0.2, 0) is 62.6 Å². The average molecular weight is 705 g/mol. The Balaban J connectivity index is 0.00000308. The van der Waals surface area contributed by atoms with Crippen molar-refractivity contribution in [1.82, 2.24) is 20.3 Å². The van der Waals surface area contributed by atoms with Crippen LogP contribution in [-0.4, -0.2) is 128 Å². The first-order valence-electron chi connectivity index (χ1n) is 12.5. The van der Waals surface area contributed by atoms with E-state index in [9.17, 15) is 10.2 Å². The number of hydrogen-bond acceptors (Lipinski definition) is 12. The second-order valence-electron chi connectivity index (χ2n) is 7.75. The zero-order valence-electron chi connectivity index (χ0n) is 22.0. The van der Waals surface area contributed by atoms with E-state index < -0.39 is 18.3 Å². The fourth-order valence-corrected chi connectivity index (χ4v) is 2.99. The van der Waals surface area contributed by atoms with E-state index in [1.165, 1.54) is 0 Å². The van der Waals surface area contributed by atoms with Gasteiger partial charge in [-0.3, -0.25) is 6.54 Å². The number of aliphatic hydroxyl groups is 3. The van der Waals surface area contributed by atoms with Crippen molar-refractivity contribution in [2.75, 3.05) is 79.2 Å². The monoisotopic (exact) mass is 705 g/mol. The predicted octanol–water partition coefficient (Wildman–Crippen LogP) is -0.861. The second-order valence-corrected chi connectivity index (χ2v) is 7.75. The Labute approximate surface area is 234 Å². The molecule has 0 amide bonds. The molecular weight excluding hydrogens is 660 g/mol. The molecule has 2 rings (SSSR count). The first-order chi connectivity index (χ1) is 17.6. The zero-order chi connectivity index (χ0) is 26.3. The minimum Gasteiger partial charge on any atom is -0.468 e. The molecule has 4 N–H and O–H groups in total. The molecule has 218 valence electrons. The van der Waals surface area contributed by atoms with Crippen LogP contribution in [0.4, 0.5) is 0 Å². The number of rotatable bonds is 20. The molecule has 0 saturated carbocycles. The smallest absolute Gasteiger partial charge is 0.109 e. The van der Waals surface area contributed by atoms with Crippen molar-refractivity contribution in [2.24, 2.45) is 0 Å². The molecule has 0 spiro atoms. The van der Waals surface area contributed by atoms with Crippen LogP contribution in [0.2, 0.25) is 0 Å². The van der Waals surface area contributed by atoms with Crippen molar-refractivity contribution < 1.29 is 64.8 Å². The molecule has 1 fully saturated rings. The fourth-order valence-electron chi connectivity index (χ4n) is 2.99. The fraction of sp³-hybridized carbons (Fsp3) is 0.870. The molecule has 3 atom stereocenters. The van der Waals surface area contributed by atoms with Gasteiger partial charge >= 0.3 is 0 Å². The van der Waals surface area contributed by atoms with Gasteiger partial charge in [-0.05, 0) is 19.9 Å². The minimum atomic E-state index is -0.902. The zero-order valence-corrected chi connectivity index (χ0v) is 25.0. The van der Waals surface area contributed by atoms with Gasteiger partial charge in [0.2, 0.25) is 0 Å². The van der Waals surface area contributed by atoms with Crippen LogP contribution in [0.15, 0.2) is 6.20 Å². The topological polar surface area (TPSA) is 159 Å². The van der Waals surface area contributed by atoms with Gasteiger partial charge in [0.15, 0.2) is 0 Å². The summed E-state index contributed by atoms with van der Waals surface area (Å²) < 4.78 is 34.5. The summed E-state index contributed by atoms with van der Waals surface area (Å²) in [5.74, 6) is 0. The second kappa shape index (κ2) is 25.7. The molecule has 0 aliphatic carbocycles. The molecule has 1 aromatic heterocycles. The van der Waals surface area contributed by atoms with Crippen molar-refractivity contribution in [3.63, 3.8) is 0 Å². The van der Waals surface area contributed by atoms with E-state index in [4.69, 9.17) is 33.5 Å². The Morgan fingerprint density at radius 1 is 1.03 bits per heavy atom. The summed E-state index contributed by atoms with van der Waals surface area (Å²) in [5, 5.41) is 38.1. The van der Waals surface area contributed by atoms with Crippen LogP contribution in [0.25, 0.3) is 0 Å². The van der Waals surface area contributed by atoms with E-state index in [-0.39, 0.29) is 34.3 Å². The molecule has 1 aromatic rings. The third kappa shape index (κ3) is 19.2. The largest absolute Gasteiger partial charge is 0.468 e. The van der Waals surface area contributed by atoms with Crippen LogP contribution in [0, 0.1) is 6.54 Å². The molecule has 0 aromatic carbocycles. The normalized spacial score (nSPS) is 19.2. The van der Waals surface area contributed by atoms with E-state index in [1.54, 1.807) is 11.6 Å². The Bertz CT molecular complexity index is 619. The Morgan fingerprint density at radius 2 is 1.65 bits per heavy atom. The van der Waals surface area contributed by atoms with Crippen molar-refractivity contribution >= 4 is 0 Å². The van der Waals surface area contributed by atoms with Crippen molar-refractivity contribution in [3.8, 4) is 0 Å². The van der Waals surface area contributed by atoms with Crippen LogP contribution in [0.1, 0.15) is 26.0 Å². The number of nitrogens with one attached hydrogen (secondary N) is 1. The maximum absolute atomic E-state index is 9.80. The molecule has 0 radical (unpaired) electrons. The van der Waals surface area contributed by atoms with Gasteiger partial charge in [0, 0.05) is 34.3 Å². The number of aromatic nitrogens is 3. The van der Waals surface area contributed by atoms with Crippen molar-refractivity contribution in [3.05, 3.63) is 18.4 Å². The molecule has 2 heterocycles. The minimum absolute atomic E-state index is 0. The summed E-state index contributed by atoms with van der Waals surface area (Å²) in [7, 11) is 0. The molecule has 0 bridgehead atoms. The Kier molecular flexibility index (Phi) is 25.3. The van der Waals surface area contributed by atoms with Gasteiger partial charge in [-0.25, -0.2) is 4.68 Å². The number of nitrogens with zero attached hydrogens (tertiary/aromatic N) is 3. The third-order valence-electron chi connectivity index (χ3n) is 4.81. The first-order valence-corrected chi connectivity index (χ1v) is 12.5. The quantitative estimate of drug-likeness (QED) is 0.0985. The maximum atomic E-state index is 9.80. The van der Waals surface area contributed by atoms with Crippen molar-refractivity contribution in [1.29, 1.82) is 0 Å². The van der Waals surface area contributed by atoms with Crippen LogP contribution in [0.5, 0.6) is 0 Å². The number of hydrogen-bond donors (Lipinski definition) is 4. The molecular formula is C23H45N4O9W-. The summed E-state index contributed by atoms with van der Waals surface area (Å²) >= 11 is 0. The first kappa shape index (κ1) is 36.4. The SMILES string of the molecule is CCO.C[CH-]NCCOCc1cn(CCOCCOCCOCCOCC2OCCC(O)C2O)nn1.[W]. The van der Waals surface area contributed by atoms with Crippen LogP contribution >= 0.6 is 0 Å². The number of aliphatic hydroxyl groups excluding tert-OH is 3. The molecule has 1 saturated heterocycles. The predicted molar refractivity (Wildman–Crippen MR) is 130 cm³/mol. The van der Waals surface area contributed by atoms with Crippen LogP contribution < -0.4 is 5.32 Å². The Hall–Kier alpha value is -0.572. The van der Waals surface area contributed by atoms with Gasteiger partial charge in [0.25, 0.3) is 0 Å². The van der Waals surface area contributed by atoms with Crippen LogP contribution in [0.3, 0.4) is 0 Å². The van der Waals surface area contributed by atoms with Gasteiger partial charge in [-0.1, -0.05) is 5.21 Å². The van der Waals surface area contributed by atoms with Gasteiger partial charge in [-0.2, -0.15) is 6.92 Å². The van der Waals surface area contributed by atoms with Gasteiger partial charge in [0.05, 0.1) is 84.9 Å². The summed E-state index contributed by atoms with van der Waals surface area (Å²) in [6.45, 7) is 12.1. The van der Waals surface area contributed by atoms with Gasteiger partial charge in [-0.15, -0.1) is 5.10 Å². The summed E-state index contributed by atoms with van der Waals surface area (Å²) in [4.78, 5) is 0.